The minimum absolute atomic E-state index is 0.00406. The van der Waals surface area contributed by atoms with Gasteiger partial charge in [0.25, 0.3) is 0 Å². The molecular formula is C21H22FN3OS. The summed E-state index contributed by atoms with van der Waals surface area (Å²) in [6.07, 6.45) is 3.63. The van der Waals surface area contributed by atoms with Gasteiger partial charge in [-0.3, -0.25) is 9.36 Å². The van der Waals surface area contributed by atoms with Crippen molar-refractivity contribution in [1.29, 1.82) is 0 Å². The smallest absolute Gasteiger partial charge is 0.233 e. The highest BCUT2D eigenvalue weighted by molar-refractivity contribution is 7.99. The van der Waals surface area contributed by atoms with Gasteiger partial charge in [0, 0.05) is 25.1 Å². The van der Waals surface area contributed by atoms with Crippen molar-refractivity contribution in [3.63, 3.8) is 0 Å². The first-order valence-corrected chi connectivity index (χ1v) is 9.68. The van der Waals surface area contributed by atoms with Gasteiger partial charge in [-0.15, -0.1) is 0 Å². The maximum atomic E-state index is 13.1. The second-order valence-corrected chi connectivity index (χ2v) is 7.38. The van der Waals surface area contributed by atoms with Crippen LogP contribution in [0.4, 0.5) is 4.39 Å². The van der Waals surface area contributed by atoms with Gasteiger partial charge in [-0.1, -0.05) is 36.0 Å². The van der Waals surface area contributed by atoms with Crippen molar-refractivity contribution < 1.29 is 9.18 Å². The van der Waals surface area contributed by atoms with Gasteiger partial charge in [0.15, 0.2) is 5.16 Å². The minimum Gasteiger partial charge on any atom is -0.338 e. The minimum atomic E-state index is -0.279. The van der Waals surface area contributed by atoms with Crippen LogP contribution in [0.1, 0.15) is 24.1 Å². The van der Waals surface area contributed by atoms with Gasteiger partial charge in [-0.05, 0) is 49.2 Å². The Morgan fingerprint density at radius 2 is 2.00 bits per heavy atom. The molecule has 0 aliphatic rings. The van der Waals surface area contributed by atoms with Crippen LogP contribution in [-0.2, 0) is 4.79 Å². The summed E-state index contributed by atoms with van der Waals surface area (Å²) >= 11 is 1.41. The number of thioether (sulfide) groups is 1. The zero-order valence-electron chi connectivity index (χ0n) is 15.6. The molecule has 3 rings (SSSR count). The summed E-state index contributed by atoms with van der Waals surface area (Å²) in [6.45, 7) is 3.98. The van der Waals surface area contributed by atoms with Crippen LogP contribution in [0.5, 0.6) is 0 Å². The van der Waals surface area contributed by atoms with Crippen molar-refractivity contribution in [2.45, 2.75) is 25.0 Å². The first-order chi connectivity index (χ1) is 13.0. The molecule has 0 aliphatic carbocycles. The Kier molecular flexibility index (Phi) is 5.96. The normalized spacial score (nSPS) is 12.0. The average molecular weight is 383 g/mol. The summed E-state index contributed by atoms with van der Waals surface area (Å²) < 4.78 is 15.1. The fourth-order valence-corrected chi connectivity index (χ4v) is 3.68. The molecule has 0 fully saturated rings. The largest absolute Gasteiger partial charge is 0.338 e. The standard InChI is InChI=1S/C21H22FN3OS/c1-15-5-4-6-19(13-15)25-12-11-23-21(25)27-14-20(26)24(3)16(2)17-7-9-18(22)10-8-17/h4-13,16H,14H2,1-3H3. The van der Waals surface area contributed by atoms with Crippen molar-refractivity contribution >= 4 is 17.7 Å². The van der Waals surface area contributed by atoms with Crippen molar-refractivity contribution in [3.8, 4) is 5.69 Å². The Bertz CT molecular complexity index is 923. The van der Waals surface area contributed by atoms with Crippen LogP contribution in [0, 0.1) is 12.7 Å². The van der Waals surface area contributed by atoms with E-state index in [9.17, 15) is 9.18 Å². The van der Waals surface area contributed by atoms with Crippen LogP contribution in [0.15, 0.2) is 66.1 Å². The highest BCUT2D eigenvalue weighted by atomic mass is 32.2. The quantitative estimate of drug-likeness (QED) is 0.583. The number of amides is 1. The number of carbonyl (C=O) groups is 1. The number of halogens is 1. The van der Waals surface area contributed by atoms with Crippen LogP contribution >= 0.6 is 11.8 Å². The topological polar surface area (TPSA) is 38.1 Å². The average Bonchev–Trinajstić information content (AvgIpc) is 3.14. The molecule has 2 aromatic carbocycles. The lowest BCUT2D eigenvalue weighted by atomic mass is 10.1. The summed E-state index contributed by atoms with van der Waals surface area (Å²) in [7, 11) is 1.77. The molecule has 0 saturated carbocycles. The molecule has 0 bridgehead atoms. The maximum absolute atomic E-state index is 13.1. The molecule has 0 spiro atoms. The Hall–Kier alpha value is -2.60. The molecule has 140 valence electrons. The molecule has 1 heterocycles. The van der Waals surface area contributed by atoms with Gasteiger partial charge in [0.1, 0.15) is 5.82 Å². The van der Waals surface area contributed by atoms with E-state index in [-0.39, 0.29) is 23.5 Å². The zero-order chi connectivity index (χ0) is 19.4. The fraction of sp³-hybridized carbons (Fsp3) is 0.238. The van der Waals surface area contributed by atoms with E-state index in [0.717, 1.165) is 16.4 Å². The first kappa shape index (κ1) is 19.2. The molecule has 27 heavy (non-hydrogen) atoms. The zero-order valence-corrected chi connectivity index (χ0v) is 16.4. The summed E-state index contributed by atoms with van der Waals surface area (Å²) in [5.41, 5.74) is 3.09. The molecule has 0 N–H and O–H groups in total. The lowest BCUT2D eigenvalue weighted by molar-refractivity contribution is -0.128. The SMILES string of the molecule is Cc1cccc(-n2ccnc2SCC(=O)N(C)C(C)c2ccc(F)cc2)c1. The summed E-state index contributed by atoms with van der Waals surface area (Å²) in [6, 6.07) is 14.3. The van der Waals surface area contributed by atoms with Crippen LogP contribution in [0.3, 0.4) is 0 Å². The molecule has 1 unspecified atom stereocenters. The van der Waals surface area contributed by atoms with E-state index >= 15 is 0 Å². The Balaban J connectivity index is 1.66. The second-order valence-electron chi connectivity index (χ2n) is 6.44. The number of carbonyl (C=O) groups excluding carboxylic acids is 1. The number of rotatable bonds is 6. The van der Waals surface area contributed by atoms with E-state index < -0.39 is 0 Å². The van der Waals surface area contributed by atoms with Crippen molar-refractivity contribution in [3.05, 3.63) is 77.9 Å². The monoisotopic (exact) mass is 383 g/mol. The number of hydrogen-bond acceptors (Lipinski definition) is 3. The van der Waals surface area contributed by atoms with Gasteiger partial charge in [0.2, 0.25) is 5.91 Å². The number of hydrogen-bond donors (Lipinski definition) is 0. The molecule has 3 aromatic rings. The van der Waals surface area contributed by atoms with E-state index in [0.29, 0.717) is 0 Å². The van der Waals surface area contributed by atoms with Crippen LogP contribution in [0.25, 0.3) is 5.69 Å². The van der Waals surface area contributed by atoms with Crippen molar-refractivity contribution in [2.75, 3.05) is 12.8 Å². The lowest BCUT2D eigenvalue weighted by Gasteiger charge is -2.25. The third-order valence-corrected chi connectivity index (χ3v) is 5.49. The van der Waals surface area contributed by atoms with Gasteiger partial charge in [-0.25, -0.2) is 9.37 Å². The van der Waals surface area contributed by atoms with Crippen LogP contribution < -0.4 is 0 Å². The van der Waals surface area contributed by atoms with Crippen molar-refractivity contribution in [2.24, 2.45) is 0 Å². The molecule has 4 nitrogen and oxygen atoms in total. The molecule has 6 heteroatoms. The molecule has 0 aliphatic heterocycles. The number of benzene rings is 2. The lowest BCUT2D eigenvalue weighted by Crippen LogP contribution is -2.31. The molecule has 1 atom stereocenters. The number of aromatic nitrogens is 2. The van der Waals surface area contributed by atoms with E-state index in [2.05, 4.69) is 11.1 Å². The van der Waals surface area contributed by atoms with Gasteiger partial charge in [-0.2, -0.15) is 0 Å². The van der Waals surface area contributed by atoms with E-state index in [1.807, 2.05) is 42.8 Å². The van der Waals surface area contributed by atoms with E-state index in [4.69, 9.17) is 0 Å². The maximum Gasteiger partial charge on any atom is 0.233 e. The number of nitrogens with zero attached hydrogens (tertiary/aromatic N) is 3. The van der Waals surface area contributed by atoms with Crippen LogP contribution in [-0.4, -0.2) is 33.2 Å². The first-order valence-electron chi connectivity index (χ1n) is 8.70. The highest BCUT2D eigenvalue weighted by Crippen LogP contribution is 2.24. The highest BCUT2D eigenvalue weighted by Gasteiger charge is 2.18. The predicted octanol–water partition coefficient (Wildman–Crippen LogP) is 4.63. The second kappa shape index (κ2) is 8.39. The molecular weight excluding hydrogens is 361 g/mol. The van der Waals surface area contributed by atoms with Gasteiger partial charge >= 0.3 is 0 Å². The van der Waals surface area contributed by atoms with E-state index in [1.54, 1.807) is 30.3 Å². The third-order valence-electron chi connectivity index (χ3n) is 4.54. The molecule has 0 radical (unpaired) electrons. The van der Waals surface area contributed by atoms with Gasteiger partial charge < -0.3 is 4.90 Å². The van der Waals surface area contributed by atoms with Crippen molar-refractivity contribution in [1.82, 2.24) is 14.5 Å². The Labute approximate surface area is 163 Å². The molecule has 1 amide bonds. The fourth-order valence-electron chi connectivity index (χ4n) is 2.78. The third kappa shape index (κ3) is 4.57. The van der Waals surface area contributed by atoms with E-state index in [1.165, 1.54) is 29.5 Å². The van der Waals surface area contributed by atoms with Gasteiger partial charge in [0.05, 0.1) is 11.8 Å². The Morgan fingerprint density at radius 1 is 1.26 bits per heavy atom. The molecule has 1 aromatic heterocycles. The predicted molar refractivity (Wildman–Crippen MR) is 107 cm³/mol. The number of imidazole rings is 1. The molecule has 0 saturated heterocycles. The summed E-state index contributed by atoms with van der Waals surface area (Å²) in [4.78, 5) is 18.7. The summed E-state index contributed by atoms with van der Waals surface area (Å²) in [5, 5.41) is 0.775. The van der Waals surface area contributed by atoms with Crippen LogP contribution in [0.2, 0.25) is 0 Å². The number of aryl methyl sites for hydroxylation is 1. The summed E-state index contributed by atoms with van der Waals surface area (Å²) in [5.74, 6) is -0.000649. The Morgan fingerprint density at radius 3 is 2.70 bits per heavy atom.